The molecule has 0 atom stereocenters. The first-order valence-corrected chi connectivity index (χ1v) is 5.28. The number of hydrogen-bond donors (Lipinski definition) is 2. The van der Waals surface area contributed by atoms with Gasteiger partial charge in [0.2, 0.25) is 0 Å². The van der Waals surface area contributed by atoms with Crippen LogP contribution in [0.5, 0.6) is 0 Å². The van der Waals surface area contributed by atoms with Crippen molar-refractivity contribution in [2.75, 3.05) is 5.75 Å². The lowest BCUT2D eigenvalue weighted by atomic mass is 10.1. The second-order valence-electron chi connectivity index (χ2n) is 3.13. The van der Waals surface area contributed by atoms with Crippen LogP contribution in [0.1, 0.15) is 11.1 Å². The topological polar surface area (TPSA) is 58.6 Å². The Morgan fingerprint density at radius 3 is 2.71 bits per heavy atom. The van der Waals surface area contributed by atoms with Crippen LogP contribution < -0.4 is 5.73 Å². The fourth-order valence-corrected chi connectivity index (χ4v) is 1.79. The van der Waals surface area contributed by atoms with Gasteiger partial charge >= 0.3 is 0 Å². The van der Waals surface area contributed by atoms with Gasteiger partial charge in [0, 0.05) is 4.90 Å². The minimum atomic E-state index is 0.244. The summed E-state index contributed by atoms with van der Waals surface area (Å²) < 4.78 is 0. The van der Waals surface area contributed by atoms with Gasteiger partial charge in [-0.2, -0.15) is 0 Å². The normalized spacial score (nSPS) is 11.7. The predicted molar refractivity (Wildman–Crippen MR) is 60.0 cm³/mol. The molecule has 1 aromatic rings. The number of thioether (sulfide) groups is 1. The van der Waals surface area contributed by atoms with Crippen LogP contribution in [0.4, 0.5) is 0 Å². The number of benzene rings is 1. The Bertz CT molecular complexity index is 350. The summed E-state index contributed by atoms with van der Waals surface area (Å²) in [6.07, 6.45) is 0. The first kappa shape index (κ1) is 10.9. The van der Waals surface area contributed by atoms with Crippen LogP contribution in [-0.2, 0) is 0 Å². The van der Waals surface area contributed by atoms with Crippen molar-refractivity contribution < 1.29 is 5.21 Å². The molecule has 0 saturated heterocycles. The Balaban J connectivity index is 2.64. The molecule has 0 aliphatic rings. The minimum absolute atomic E-state index is 0.244. The van der Waals surface area contributed by atoms with Crippen LogP contribution >= 0.6 is 11.8 Å². The van der Waals surface area contributed by atoms with E-state index < -0.39 is 0 Å². The molecule has 76 valence electrons. The summed E-state index contributed by atoms with van der Waals surface area (Å²) in [7, 11) is 0. The molecular weight excluding hydrogens is 196 g/mol. The van der Waals surface area contributed by atoms with Crippen molar-refractivity contribution in [3.8, 4) is 0 Å². The van der Waals surface area contributed by atoms with Gasteiger partial charge in [-0.1, -0.05) is 11.2 Å². The minimum Gasteiger partial charge on any atom is -0.409 e. The van der Waals surface area contributed by atoms with E-state index in [0.717, 1.165) is 4.90 Å². The third kappa shape index (κ3) is 2.96. The van der Waals surface area contributed by atoms with E-state index >= 15 is 0 Å². The SMILES string of the molecule is Cc1ccc(SC/C(N)=N/O)cc1C. The maximum absolute atomic E-state index is 8.36. The highest BCUT2D eigenvalue weighted by atomic mass is 32.2. The fourth-order valence-electron chi connectivity index (χ4n) is 0.990. The highest BCUT2D eigenvalue weighted by Gasteiger charge is 1.99. The summed E-state index contributed by atoms with van der Waals surface area (Å²) in [5.41, 5.74) is 7.90. The highest BCUT2D eigenvalue weighted by Crippen LogP contribution is 2.20. The van der Waals surface area contributed by atoms with Crippen LogP contribution in [0.25, 0.3) is 0 Å². The molecule has 0 aliphatic carbocycles. The fraction of sp³-hybridized carbons (Fsp3) is 0.300. The summed E-state index contributed by atoms with van der Waals surface area (Å²) >= 11 is 1.56. The monoisotopic (exact) mass is 210 g/mol. The van der Waals surface area contributed by atoms with Gasteiger partial charge < -0.3 is 10.9 Å². The molecule has 3 N–H and O–H groups in total. The van der Waals surface area contributed by atoms with Gasteiger partial charge in [0.15, 0.2) is 0 Å². The van der Waals surface area contributed by atoms with Crippen molar-refractivity contribution in [3.05, 3.63) is 29.3 Å². The zero-order valence-corrected chi connectivity index (χ0v) is 9.14. The molecule has 0 radical (unpaired) electrons. The molecule has 0 bridgehead atoms. The zero-order valence-electron chi connectivity index (χ0n) is 8.32. The number of nitrogens with two attached hydrogens (primary N) is 1. The van der Waals surface area contributed by atoms with E-state index in [1.165, 1.54) is 11.1 Å². The Morgan fingerprint density at radius 1 is 1.43 bits per heavy atom. The van der Waals surface area contributed by atoms with Crippen LogP contribution in [0, 0.1) is 13.8 Å². The van der Waals surface area contributed by atoms with Crippen LogP contribution in [0.2, 0.25) is 0 Å². The van der Waals surface area contributed by atoms with E-state index in [4.69, 9.17) is 10.9 Å². The molecule has 14 heavy (non-hydrogen) atoms. The van der Waals surface area contributed by atoms with E-state index in [1.54, 1.807) is 11.8 Å². The largest absolute Gasteiger partial charge is 0.409 e. The number of aryl methyl sites for hydroxylation is 2. The van der Waals surface area contributed by atoms with Crippen molar-refractivity contribution in [3.63, 3.8) is 0 Å². The molecule has 4 heteroatoms. The van der Waals surface area contributed by atoms with Crippen molar-refractivity contribution in [1.29, 1.82) is 0 Å². The van der Waals surface area contributed by atoms with Crippen molar-refractivity contribution in [1.82, 2.24) is 0 Å². The third-order valence-corrected chi connectivity index (χ3v) is 3.02. The first-order valence-electron chi connectivity index (χ1n) is 4.30. The Kier molecular flexibility index (Phi) is 3.83. The number of amidine groups is 1. The summed E-state index contributed by atoms with van der Waals surface area (Å²) in [5, 5.41) is 11.3. The summed E-state index contributed by atoms with van der Waals surface area (Å²) in [6, 6.07) is 6.21. The van der Waals surface area contributed by atoms with Crippen molar-refractivity contribution >= 4 is 17.6 Å². The van der Waals surface area contributed by atoms with E-state index in [1.807, 2.05) is 6.07 Å². The zero-order chi connectivity index (χ0) is 10.6. The Hall–Kier alpha value is -1.16. The van der Waals surface area contributed by atoms with Crippen LogP contribution in [0.15, 0.2) is 28.3 Å². The molecule has 3 nitrogen and oxygen atoms in total. The van der Waals surface area contributed by atoms with Gasteiger partial charge in [-0.3, -0.25) is 0 Å². The summed E-state index contributed by atoms with van der Waals surface area (Å²) in [6.45, 7) is 4.15. The van der Waals surface area contributed by atoms with Gasteiger partial charge in [-0.15, -0.1) is 11.8 Å². The molecule has 0 spiro atoms. The quantitative estimate of drug-likeness (QED) is 0.264. The van der Waals surface area contributed by atoms with Gasteiger partial charge in [0.25, 0.3) is 0 Å². The standard InChI is InChI=1S/C10H14N2OS/c1-7-3-4-9(5-8(7)2)14-6-10(11)12-13/h3-5,13H,6H2,1-2H3,(H2,11,12). The molecule has 0 unspecified atom stereocenters. The molecule has 0 aromatic heterocycles. The van der Waals surface area contributed by atoms with Crippen molar-refractivity contribution in [2.24, 2.45) is 10.9 Å². The number of nitrogens with zero attached hydrogens (tertiary/aromatic N) is 1. The Morgan fingerprint density at radius 2 is 2.14 bits per heavy atom. The second kappa shape index (κ2) is 4.91. The second-order valence-corrected chi connectivity index (χ2v) is 4.17. The maximum Gasteiger partial charge on any atom is 0.149 e. The molecular formula is C10H14N2OS. The number of oxime groups is 1. The number of hydrogen-bond acceptors (Lipinski definition) is 3. The predicted octanol–water partition coefficient (Wildman–Crippen LogP) is 2.14. The van der Waals surface area contributed by atoms with Gasteiger partial charge in [0.05, 0.1) is 5.75 Å². The van der Waals surface area contributed by atoms with Gasteiger partial charge in [-0.05, 0) is 37.1 Å². The van der Waals surface area contributed by atoms with Gasteiger partial charge in [0.1, 0.15) is 5.84 Å². The van der Waals surface area contributed by atoms with Crippen LogP contribution in [0.3, 0.4) is 0 Å². The Labute approximate surface area is 88.0 Å². The molecule has 1 aromatic carbocycles. The highest BCUT2D eigenvalue weighted by molar-refractivity contribution is 8.00. The summed E-state index contributed by atoms with van der Waals surface area (Å²) in [4.78, 5) is 1.14. The van der Waals surface area contributed by atoms with E-state index in [-0.39, 0.29) is 5.84 Å². The average molecular weight is 210 g/mol. The number of rotatable bonds is 3. The molecule has 0 heterocycles. The van der Waals surface area contributed by atoms with E-state index in [9.17, 15) is 0 Å². The molecule has 1 rings (SSSR count). The van der Waals surface area contributed by atoms with Crippen molar-refractivity contribution in [2.45, 2.75) is 18.7 Å². The third-order valence-electron chi connectivity index (χ3n) is 1.99. The molecule has 0 fully saturated rings. The lowest BCUT2D eigenvalue weighted by molar-refractivity contribution is 0.318. The summed E-state index contributed by atoms with van der Waals surface area (Å²) in [5.74, 6) is 0.757. The average Bonchev–Trinajstić information content (AvgIpc) is 2.19. The molecule has 0 aliphatic heterocycles. The smallest absolute Gasteiger partial charge is 0.149 e. The van der Waals surface area contributed by atoms with E-state index in [2.05, 4.69) is 31.1 Å². The van der Waals surface area contributed by atoms with Crippen LogP contribution in [-0.4, -0.2) is 16.8 Å². The lowest BCUT2D eigenvalue weighted by Crippen LogP contribution is -2.14. The molecule has 0 saturated carbocycles. The van der Waals surface area contributed by atoms with E-state index in [0.29, 0.717) is 5.75 Å². The lowest BCUT2D eigenvalue weighted by Gasteiger charge is -2.04. The molecule has 0 amide bonds. The van der Waals surface area contributed by atoms with Gasteiger partial charge in [-0.25, -0.2) is 0 Å². The first-order chi connectivity index (χ1) is 6.63. The maximum atomic E-state index is 8.36.